The lowest BCUT2D eigenvalue weighted by atomic mass is 10.1. The van der Waals surface area contributed by atoms with E-state index in [1.165, 1.54) is 4.31 Å². The number of nitrogens with zero attached hydrogens (tertiary/aromatic N) is 2. The van der Waals surface area contributed by atoms with Gasteiger partial charge >= 0.3 is 0 Å². The number of rotatable bonds is 7. The third kappa shape index (κ3) is 4.61. The Morgan fingerprint density at radius 1 is 0.897 bits per heavy atom. The fourth-order valence-electron chi connectivity index (χ4n) is 5.18. The van der Waals surface area contributed by atoms with Crippen LogP contribution in [0.4, 0.5) is 5.69 Å². The Bertz CT molecular complexity index is 1830. The number of halogens is 1. The Kier molecular flexibility index (Phi) is 6.46. The molecule has 1 aromatic heterocycles. The van der Waals surface area contributed by atoms with Crippen molar-refractivity contribution in [1.29, 1.82) is 0 Å². The lowest BCUT2D eigenvalue weighted by Gasteiger charge is -2.27. The van der Waals surface area contributed by atoms with Gasteiger partial charge in [-0.05, 0) is 65.2 Å². The van der Waals surface area contributed by atoms with Gasteiger partial charge in [0.1, 0.15) is 6.04 Å². The van der Waals surface area contributed by atoms with Crippen molar-refractivity contribution in [2.24, 2.45) is 0 Å². The first-order valence-corrected chi connectivity index (χ1v) is 14.3. The van der Waals surface area contributed by atoms with Crippen LogP contribution in [0.25, 0.3) is 21.7 Å². The van der Waals surface area contributed by atoms with Gasteiger partial charge in [-0.2, -0.15) is 4.31 Å². The summed E-state index contributed by atoms with van der Waals surface area (Å²) in [5.74, 6) is -1.04. The Hall–Kier alpha value is -3.98. The van der Waals surface area contributed by atoms with Crippen LogP contribution in [0.3, 0.4) is 0 Å². The molecule has 196 valence electrons. The molecule has 1 unspecified atom stereocenters. The van der Waals surface area contributed by atoms with E-state index in [9.17, 15) is 18.0 Å². The number of sulfonamides is 1. The number of H-pyrrole nitrogens is 1. The second kappa shape index (κ2) is 9.96. The van der Waals surface area contributed by atoms with Crippen molar-refractivity contribution in [2.75, 3.05) is 11.4 Å². The third-order valence-electron chi connectivity index (χ3n) is 7.16. The van der Waals surface area contributed by atoms with Gasteiger partial charge in [0.25, 0.3) is 5.91 Å². The van der Waals surface area contributed by atoms with E-state index in [1.54, 1.807) is 42.5 Å². The van der Waals surface area contributed by atoms with Gasteiger partial charge in [0.05, 0.1) is 17.0 Å². The molecule has 0 aliphatic carbocycles. The number of fused-ring (bicyclic) bond motifs is 2. The highest BCUT2D eigenvalue weighted by molar-refractivity contribution is 7.89. The zero-order valence-electron chi connectivity index (χ0n) is 20.7. The maximum Gasteiger partial charge on any atom is 0.252 e. The lowest BCUT2D eigenvalue weighted by Crippen LogP contribution is -2.46. The number of nitrogens with one attached hydrogen (secondary N) is 1. The van der Waals surface area contributed by atoms with Crippen molar-refractivity contribution in [3.8, 4) is 0 Å². The summed E-state index contributed by atoms with van der Waals surface area (Å²) in [6, 6.07) is 25.3. The molecule has 1 saturated heterocycles. The number of amides is 2. The van der Waals surface area contributed by atoms with Crippen LogP contribution < -0.4 is 4.90 Å². The summed E-state index contributed by atoms with van der Waals surface area (Å²) in [6.07, 6.45) is 1.96. The molecule has 1 N–H and O–H groups in total. The van der Waals surface area contributed by atoms with E-state index < -0.39 is 27.9 Å². The quantitative estimate of drug-likeness (QED) is 0.266. The minimum atomic E-state index is -4.15. The van der Waals surface area contributed by atoms with E-state index in [4.69, 9.17) is 11.6 Å². The minimum Gasteiger partial charge on any atom is -0.361 e. The highest BCUT2D eigenvalue weighted by Crippen LogP contribution is 2.31. The first-order valence-electron chi connectivity index (χ1n) is 12.5. The van der Waals surface area contributed by atoms with E-state index in [0.29, 0.717) is 17.1 Å². The number of aromatic amines is 1. The van der Waals surface area contributed by atoms with Crippen LogP contribution in [-0.4, -0.2) is 42.1 Å². The molecule has 39 heavy (non-hydrogen) atoms. The Morgan fingerprint density at radius 3 is 2.41 bits per heavy atom. The first kappa shape index (κ1) is 25.3. The Labute approximate surface area is 230 Å². The Balaban J connectivity index is 1.39. The van der Waals surface area contributed by atoms with E-state index >= 15 is 0 Å². The van der Waals surface area contributed by atoms with E-state index in [1.807, 2.05) is 54.7 Å². The summed E-state index contributed by atoms with van der Waals surface area (Å²) in [4.78, 5) is 31.1. The van der Waals surface area contributed by atoms with Crippen molar-refractivity contribution < 1.29 is 18.0 Å². The minimum absolute atomic E-state index is 0.0230. The maximum absolute atomic E-state index is 14.1. The molecule has 7 nitrogen and oxygen atoms in total. The van der Waals surface area contributed by atoms with Crippen molar-refractivity contribution >= 4 is 60.8 Å². The average molecular weight is 558 g/mol. The van der Waals surface area contributed by atoms with Crippen molar-refractivity contribution in [3.63, 3.8) is 0 Å². The predicted molar refractivity (Wildman–Crippen MR) is 152 cm³/mol. The molecule has 2 amide bonds. The van der Waals surface area contributed by atoms with Crippen LogP contribution in [-0.2, 0) is 26.0 Å². The zero-order chi connectivity index (χ0) is 27.1. The number of imide groups is 1. The summed E-state index contributed by atoms with van der Waals surface area (Å²) in [5, 5.41) is 3.13. The maximum atomic E-state index is 14.1. The summed E-state index contributed by atoms with van der Waals surface area (Å²) in [7, 11) is -4.15. The smallest absolute Gasteiger partial charge is 0.252 e. The fourth-order valence-corrected chi connectivity index (χ4v) is 6.92. The molecule has 4 aromatic carbocycles. The van der Waals surface area contributed by atoms with Crippen molar-refractivity contribution in [1.82, 2.24) is 9.29 Å². The molecule has 5 aromatic rings. The lowest BCUT2D eigenvalue weighted by molar-refractivity contribution is -0.122. The molecule has 2 heterocycles. The molecule has 0 radical (unpaired) electrons. The molecule has 1 aliphatic rings. The van der Waals surface area contributed by atoms with E-state index in [-0.39, 0.29) is 17.9 Å². The summed E-state index contributed by atoms with van der Waals surface area (Å²) in [6.45, 7) is 0.0230. The van der Waals surface area contributed by atoms with Gasteiger partial charge in [-0.3, -0.25) is 9.59 Å². The SMILES string of the molecule is O=C1CC(N(CCc2c[nH]c3ccccc23)S(=O)(=O)c2ccc3ccccc3c2)C(=O)N1c1ccc(Cl)cc1. The van der Waals surface area contributed by atoms with Gasteiger partial charge in [-0.1, -0.05) is 60.1 Å². The number of hydrogen-bond acceptors (Lipinski definition) is 4. The molecule has 9 heteroatoms. The molecule has 0 saturated carbocycles. The number of anilines is 1. The van der Waals surface area contributed by atoms with Crippen LogP contribution in [0.15, 0.2) is 102 Å². The number of para-hydroxylation sites is 1. The largest absolute Gasteiger partial charge is 0.361 e. The first-order chi connectivity index (χ1) is 18.8. The topological polar surface area (TPSA) is 90.5 Å². The normalized spacial score (nSPS) is 16.2. The van der Waals surface area contributed by atoms with Gasteiger partial charge in [0.2, 0.25) is 15.9 Å². The van der Waals surface area contributed by atoms with Gasteiger partial charge < -0.3 is 4.98 Å². The highest BCUT2D eigenvalue weighted by Gasteiger charge is 2.46. The summed E-state index contributed by atoms with van der Waals surface area (Å²) < 4.78 is 29.5. The molecular weight excluding hydrogens is 534 g/mol. The number of benzene rings is 4. The van der Waals surface area contributed by atoms with E-state index in [2.05, 4.69) is 4.98 Å². The second-order valence-electron chi connectivity index (χ2n) is 9.50. The highest BCUT2D eigenvalue weighted by atomic mass is 35.5. The Morgan fingerprint density at radius 2 is 1.62 bits per heavy atom. The molecule has 0 spiro atoms. The van der Waals surface area contributed by atoms with Crippen molar-refractivity contribution in [3.05, 3.63) is 108 Å². The van der Waals surface area contributed by atoms with Crippen LogP contribution in [0.2, 0.25) is 5.02 Å². The predicted octanol–water partition coefficient (Wildman–Crippen LogP) is 5.54. The molecule has 0 bridgehead atoms. The molecule has 1 atom stereocenters. The zero-order valence-corrected chi connectivity index (χ0v) is 22.3. The van der Waals surface area contributed by atoms with Crippen LogP contribution in [0, 0.1) is 0 Å². The van der Waals surface area contributed by atoms with Gasteiger partial charge in [0, 0.05) is 28.7 Å². The van der Waals surface area contributed by atoms with Crippen LogP contribution in [0.1, 0.15) is 12.0 Å². The van der Waals surface area contributed by atoms with Crippen LogP contribution >= 0.6 is 11.6 Å². The molecule has 6 rings (SSSR count). The summed E-state index contributed by atoms with van der Waals surface area (Å²) in [5.41, 5.74) is 2.23. The molecular formula is C30H24ClN3O4S. The van der Waals surface area contributed by atoms with E-state index in [0.717, 1.165) is 32.1 Å². The fraction of sp³-hybridized carbons (Fsp3) is 0.133. The standard InChI is InChI=1S/C30H24ClN3O4S/c31-23-10-12-24(13-11-23)34-29(35)18-28(30(34)36)33(16-15-22-19-32-27-8-4-3-7-26(22)27)39(37,38)25-14-9-20-5-1-2-6-21(20)17-25/h1-14,17,19,28,32H,15-16,18H2. The molecule has 1 aliphatic heterocycles. The number of hydrogen-bond donors (Lipinski definition) is 1. The summed E-state index contributed by atoms with van der Waals surface area (Å²) >= 11 is 5.99. The van der Waals surface area contributed by atoms with Gasteiger partial charge in [-0.25, -0.2) is 13.3 Å². The van der Waals surface area contributed by atoms with Gasteiger partial charge in [0.15, 0.2) is 0 Å². The number of carbonyl (C=O) groups is 2. The third-order valence-corrected chi connectivity index (χ3v) is 9.32. The van der Waals surface area contributed by atoms with Gasteiger partial charge in [-0.15, -0.1) is 0 Å². The average Bonchev–Trinajstić information content (AvgIpc) is 3.49. The second-order valence-corrected chi connectivity index (χ2v) is 11.8. The monoisotopic (exact) mass is 557 g/mol. The number of aromatic nitrogens is 1. The number of carbonyl (C=O) groups excluding carboxylic acids is 2. The molecule has 1 fully saturated rings. The van der Waals surface area contributed by atoms with Crippen molar-refractivity contribution in [2.45, 2.75) is 23.8 Å². The van der Waals surface area contributed by atoms with Crippen LogP contribution in [0.5, 0.6) is 0 Å².